The van der Waals surface area contributed by atoms with Crippen LogP contribution in [0.1, 0.15) is 0 Å². The van der Waals surface area contributed by atoms with E-state index >= 15 is 0 Å². The van der Waals surface area contributed by atoms with Gasteiger partial charge >= 0.3 is 0 Å². The molecule has 4 nitrogen and oxygen atoms in total. The SMILES string of the molecule is Clc1ccc2nc(-c3ccccc3)c(-c3ccncc3)n2n1. The van der Waals surface area contributed by atoms with Crippen LogP contribution in [0.4, 0.5) is 0 Å². The third-order valence-electron chi connectivity index (χ3n) is 3.45. The van der Waals surface area contributed by atoms with Crippen molar-refractivity contribution >= 4 is 17.2 Å². The molecule has 0 spiro atoms. The number of fused-ring (bicyclic) bond motifs is 1. The highest BCUT2D eigenvalue weighted by atomic mass is 35.5. The molecule has 0 N–H and O–H groups in total. The van der Waals surface area contributed by atoms with E-state index in [1.807, 2.05) is 48.5 Å². The van der Waals surface area contributed by atoms with Crippen molar-refractivity contribution in [1.29, 1.82) is 0 Å². The predicted octanol–water partition coefficient (Wildman–Crippen LogP) is 4.11. The van der Waals surface area contributed by atoms with Gasteiger partial charge in [0.2, 0.25) is 0 Å². The van der Waals surface area contributed by atoms with Crippen molar-refractivity contribution in [3.63, 3.8) is 0 Å². The van der Waals surface area contributed by atoms with Crippen LogP contribution in [0.2, 0.25) is 5.15 Å². The molecule has 5 heteroatoms. The summed E-state index contributed by atoms with van der Waals surface area (Å²) in [5, 5.41) is 4.83. The second-order valence-corrected chi connectivity index (χ2v) is 5.22. The Kier molecular flexibility index (Phi) is 3.09. The molecule has 0 unspecified atom stereocenters. The Morgan fingerprint density at radius 3 is 2.36 bits per heavy atom. The quantitative estimate of drug-likeness (QED) is 0.559. The normalized spacial score (nSPS) is 11.0. The molecule has 0 saturated carbocycles. The topological polar surface area (TPSA) is 43.1 Å². The van der Waals surface area contributed by atoms with Gasteiger partial charge in [-0.1, -0.05) is 41.9 Å². The lowest BCUT2D eigenvalue weighted by Crippen LogP contribution is -1.95. The van der Waals surface area contributed by atoms with Crippen LogP contribution in [0.3, 0.4) is 0 Å². The van der Waals surface area contributed by atoms with Gasteiger partial charge in [0.15, 0.2) is 5.65 Å². The first-order valence-electron chi connectivity index (χ1n) is 6.84. The van der Waals surface area contributed by atoms with E-state index < -0.39 is 0 Å². The summed E-state index contributed by atoms with van der Waals surface area (Å²) in [7, 11) is 0. The molecule has 0 amide bonds. The van der Waals surface area contributed by atoms with Gasteiger partial charge in [-0.15, -0.1) is 0 Å². The van der Waals surface area contributed by atoms with Gasteiger partial charge in [-0.2, -0.15) is 5.10 Å². The molecule has 0 fully saturated rings. The zero-order chi connectivity index (χ0) is 14.9. The van der Waals surface area contributed by atoms with Crippen LogP contribution in [0.5, 0.6) is 0 Å². The largest absolute Gasteiger partial charge is 0.265 e. The summed E-state index contributed by atoms with van der Waals surface area (Å²) in [6.45, 7) is 0. The molecule has 3 aromatic heterocycles. The minimum atomic E-state index is 0.430. The maximum absolute atomic E-state index is 6.06. The van der Waals surface area contributed by atoms with Gasteiger partial charge < -0.3 is 0 Å². The van der Waals surface area contributed by atoms with E-state index in [1.54, 1.807) is 23.0 Å². The van der Waals surface area contributed by atoms with E-state index in [2.05, 4.69) is 10.1 Å². The molecular formula is C17H11ClN4. The maximum atomic E-state index is 6.06. The van der Waals surface area contributed by atoms with Crippen molar-refractivity contribution < 1.29 is 0 Å². The van der Waals surface area contributed by atoms with Crippen LogP contribution < -0.4 is 0 Å². The standard InChI is InChI=1S/C17H11ClN4/c18-14-6-7-15-20-16(12-4-2-1-3-5-12)17(22(15)21-14)13-8-10-19-11-9-13/h1-11H. The zero-order valence-corrected chi connectivity index (χ0v) is 12.3. The van der Waals surface area contributed by atoms with Crippen LogP contribution in [0, 0.1) is 0 Å². The number of nitrogens with zero attached hydrogens (tertiary/aromatic N) is 4. The molecule has 4 rings (SSSR count). The molecule has 0 radical (unpaired) electrons. The Balaban J connectivity index is 2.08. The predicted molar refractivity (Wildman–Crippen MR) is 86.7 cm³/mol. The van der Waals surface area contributed by atoms with Gasteiger partial charge in [0.25, 0.3) is 0 Å². The lowest BCUT2D eigenvalue weighted by atomic mass is 10.1. The van der Waals surface area contributed by atoms with Crippen molar-refractivity contribution in [2.75, 3.05) is 0 Å². The van der Waals surface area contributed by atoms with Crippen LogP contribution in [0.25, 0.3) is 28.2 Å². The maximum Gasteiger partial charge on any atom is 0.155 e. The molecule has 1 aromatic carbocycles. The molecule has 0 aliphatic heterocycles. The molecule has 0 bridgehead atoms. The van der Waals surface area contributed by atoms with Gasteiger partial charge in [0, 0.05) is 23.5 Å². The summed E-state index contributed by atoms with van der Waals surface area (Å²) in [5.74, 6) is 0. The first-order valence-corrected chi connectivity index (χ1v) is 7.22. The summed E-state index contributed by atoms with van der Waals surface area (Å²) >= 11 is 6.06. The average Bonchev–Trinajstić information content (AvgIpc) is 2.95. The summed E-state index contributed by atoms with van der Waals surface area (Å²) < 4.78 is 1.78. The van der Waals surface area contributed by atoms with Crippen molar-refractivity contribution in [3.05, 3.63) is 72.1 Å². The molecule has 0 aliphatic rings. The fourth-order valence-electron chi connectivity index (χ4n) is 2.48. The van der Waals surface area contributed by atoms with Crippen LogP contribution in [-0.2, 0) is 0 Å². The van der Waals surface area contributed by atoms with Crippen molar-refractivity contribution in [2.24, 2.45) is 0 Å². The van der Waals surface area contributed by atoms with Gasteiger partial charge in [-0.25, -0.2) is 9.50 Å². The molecule has 0 saturated heterocycles. The van der Waals surface area contributed by atoms with E-state index in [4.69, 9.17) is 16.6 Å². The fraction of sp³-hybridized carbons (Fsp3) is 0. The Labute approximate surface area is 132 Å². The van der Waals surface area contributed by atoms with Crippen LogP contribution >= 0.6 is 11.6 Å². The summed E-state index contributed by atoms with van der Waals surface area (Å²) in [6, 6.07) is 17.5. The molecule has 106 valence electrons. The van der Waals surface area contributed by atoms with Crippen molar-refractivity contribution in [2.45, 2.75) is 0 Å². The van der Waals surface area contributed by atoms with E-state index in [9.17, 15) is 0 Å². The third-order valence-corrected chi connectivity index (χ3v) is 3.65. The van der Waals surface area contributed by atoms with Crippen molar-refractivity contribution in [1.82, 2.24) is 19.6 Å². The lowest BCUT2D eigenvalue weighted by molar-refractivity contribution is 0.943. The highest BCUT2D eigenvalue weighted by Gasteiger charge is 2.16. The molecule has 3 heterocycles. The summed E-state index contributed by atoms with van der Waals surface area (Å²) in [5.41, 5.74) is 4.58. The first kappa shape index (κ1) is 13.0. The monoisotopic (exact) mass is 306 g/mol. The fourth-order valence-corrected chi connectivity index (χ4v) is 2.62. The minimum Gasteiger partial charge on any atom is -0.265 e. The first-order chi connectivity index (χ1) is 10.8. The van der Waals surface area contributed by atoms with Crippen LogP contribution in [-0.4, -0.2) is 19.6 Å². The van der Waals surface area contributed by atoms with E-state index in [0.717, 1.165) is 28.2 Å². The number of halogens is 1. The zero-order valence-electron chi connectivity index (χ0n) is 11.5. The second kappa shape index (κ2) is 5.24. The van der Waals surface area contributed by atoms with Gasteiger partial charge in [0.1, 0.15) is 10.8 Å². The number of rotatable bonds is 2. The molecule has 4 aromatic rings. The molecule has 0 aliphatic carbocycles. The van der Waals surface area contributed by atoms with E-state index in [1.165, 1.54) is 0 Å². The molecular weight excluding hydrogens is 296 g/mol. The minimum absolute atomic E-state index is 0.430. The van der Waals surface area contributed by atoms with Crippen LogP contribution in [0.15, 0.2) is 67.0 Å². The number of pyridine rings is 1. The number of aromatic nitrogens is 4. The van der Waals surface area contributed by atoms with Gasteiger partial charge in [0.05, 0.1) is 5.69 Å². The number of hydrogen-bond acceptors (Lipinski definition) is 3. The van der Waals surface area contributed by atoms with Gasteiger partial charge in [-0.3, -0.25) is 4.98 Å². The van der Waals surface area contributed by atoms with Gasteiger partial charge in [-0.05, 0) is 24.3 Å². The second-order valence-electron chi connectivity index (χ2n) is 4.84. The average molecular weight is 307 g/mol. The smallest absolute Gasteiger partial charge is 0.155 e. The molecule has 0 atom stereocenters. The summed E-state index contributed by atoms with van der Waals surface area (Å²) in [6.07, 6.45) is 3.52. The number of imidazole rings is 1. The highest BCUT2D eigenvalue weighted by molar-refractivity contribution is 6.29. The van der Waals surface area contributed by atoms with E-state index in [0.29, 0.717) is 5.15 Å². The Morgan fingerprint density at radius 2 is 1.59 bits per heavy atom. The Hall–Kier alpha value is -2.72. The lowest BCUT2D eigenvalue weighted by Gasteiger charge is -2.04. The van der Waals surface area contributed by atoms with Crippen molar-refractivity contribution in [3.8, 4) is 22.5 Å². The highest BCUT2D eigenvalue weighted by Crippen LogP contribution is 2.32. The summed E-state index contributed by atoms with van der Waals surface area (Å²) in [4.78, 5) is 8.80. The molecule has 22 heavy (non-hydrogen) atoms. The number of hydrogen-bond donors (Lipinski definition) is 0. The van der Waals surface area contributed by atoms with E-state index in [-0.39, 0.29) is 0 Å². The Morgan fingerprint density at radius 1 is 0.818 bits per heavy atom. The number of benzene rings is 1. The Bertz CT molecular complexity index is 933. The third kappa shape index (κ3) is 2.14.